The fraction of sp³-hybridized carbons (Fsp3) is 0.312. The summed E-state index contributed by atoms with van der Waals surface area (Å²) in [4.78, 5) is 25.6. The molecule has 5 nitrogen and oxygen atoms in total. The summed E-state index contributed by atoms with van der Waals surface area (Å²) < 4.78 is 5.37. The molecular formula is C16H17NO4S2. The maximum absolute atomic E-state index is 12.6. The Kier molecular flexibility index (Phi) is 5.43. The second kappa shape index (κ2) is 7.14. The first kappa shape index (κ1) is 17.5. The Morgan fingerprint density at radius 1 is 1.35 bits per heavy atom. The highest BCUT2D eigenvalue weighted by atomic mass is 32.2. The summed E-state index contributed by atoms with van der Waals surface area (Å²) in [5, 5.41) is 9.38. The number of methoxy groups -OCH3 is 1. The summed E-state index contributed by atoms with van der Waals surface area (Å²) in [6, 6.07) is 6.27. The summed E-state index contributed by atoms with van der Waals surface area (Å²) in [6.07, 6.45) is 1.71. The van der Waals surface area contributed by atoms with Gasteiger partial charge in [-0.2, -0.15) is 0 Å². The second-order valence-corrected chi connectivity index (χ2v) is 7.03. The highest BCUT2D eigenvalue weighted by Gasteiger charge is 2.41. The molecule has 0 aromatic heterocycles. The molecule has 1 fully saturated rings. The number of aliphatic carboxylic acids is 1. The minimum Gasteiger partial charge on any atom is -0.497 e. The average molecular weight is 351 g/mol. The summed E-state index contributed by atoms with van der Waals surface area (Å²) in [5.74, 6) is -0.935. The van der Waals surface area contributed by atoms with E-state index >= 15 is 0 Å². The molecule has 0 radical (unpaired) electrons. The molecule has 1 aromatic rings. The van der Waals surface area contributed by atoms with Crippen LogP contribution in [0.1, 0.15) is 19.4 Å². The third-order valence-corrected chi connectivity index (χ3v) is 4.73. The standard InChI is InChI=1S/C16H17NO4S2/c1-9(2)13(15(19)20)17-14(18)12(23-16(17)22)8-10-4-6-11(21-3)7-5-10/h4-9,13H,1-3H3,(H,19,20)/t13-/m0/s1. The number of carboxylic acid groups (broad SMARTS) is 1. The van der Waals surface area contributed by atoms with Gasteiger partial charge in [-0.25, -0.2) is 4.79 Å². The van der Waals surface area contributed by atoms with Crippen molar-refractivity contribution in [3.63, 3.8) is 0 Å². The number of benzene rings is 1. The third kappa shape index (κ3) is 3.73. The van der Waals surface area contributed by atoms with Gasteiger partial charge in [0.1, 0.15) is 16.1 Å². The van der Waals surface area contributed by atoms with Crippen molar-refractivity contribution in [1.82, 2.24) is 4.90 Å². The summed E-state index contributed by atoms with van der Waals surface area (Å²) in [7, 11) is 1.58. The number of rotatable bonds is 5. The zero-order valence-corrected chi connectivity index (χ0v) is 14.6. The number of hydrogen-bond donors (Lipinski definition) is 1. The van der Waals surface area contributed by atoms with Gasteiger partial charge < -0.3 is 9.84 Å². The zero-order chi connectivity index (χ0) is 17.1. The fourth-order valence-electron chi connectivity index (χ4n) is 2.26. The zero-order valence-electron chi connectivity index (χ0n) is 13.0. The van der Waals surface area contributed by atoms with Crippen molar-refractivity contribution in [2.75, 3.05) is 7.11 Å². The van der Waals surface area contributed by atoms with Crippen molar-refractivity contribution in [3.8, 4) is 5.75 Å². The van der Waals surface area contributed by atoms with Gasteiger partial charge in [-0.05, 0) is 29.7 Å². The van der Waals surface area contributed by atoms with E-state index in [0.29, 0.717) is 4.91 Å². The molecule has 1 amide bonds. The molecule has 1 atom stereocenters. The van der Waals surface area contributed by atoms with Crippen LogP contribution in [-0.4, -0.2) is 39.4 Å². The Bertz CT molecular complexity index is 667. The highest BCUT2D eigenvalue weighted by molar-refractivity contribution is 8.26. The van der Waals surface area contributed by atoms with Gasteiger partial charge in [-0.1, -0.05) is 50.0 Å². The van der Waals surface area contributed by atoms with E-state index < -0.39 is 12.0 Å². The van der Waals surface area contributed by atoms with E-state index in [4.69, 9.17) is 17.0 Å². The molecule has 23 heavy (non-hydrogen) atoms. The fourth-order valence-corrected chi connectivity index (χ4v) is 3.59. The molecule has 122 valence electrons. The van der Waals surface area contributed by atoms with Gasteiger partial charge in [0.15, 0.2) is 0 Å². The molecule has 0 unspecified atom stereocenters. The summed E-state index contributed by atoms with van der Waals surface area (Å²) >= 11 is 6.33. The van der Waals surface area contributed by atoms with Crippen LogP contribution in [-0.2, 0) is 9.59 Å². The number of carbonyl (C=O) groups is 2. The summed E-state index contributed by atoms with van der Waals surface area (Å²) in [6.45, 7) is 3.51. The lowest BCUT2D eigenvalue weighted by atomic mass is 10.0. The Hall–Kier alpha value is -1.86. The van der Waals surface area contributed by atoms with E-state index in [1.54, 1.807) is 39.2 Å². The lowest BCUT2D eigenvalue weighted by Crippen LogP contribution is -2.47. The molecular weight excluding hydrogens is 334 g/mol. The highest BCUT2D eigenvalue weighted by Crippen LogP contribution is 2.35. The number of ether oxygens (including phenoxy) is 1. The molecule has 0 saturated carbocycles. The van der Waals surface area contributed by atoms with Crippen molar-refractivity contribution in [3.05, 3.63) is 34.7 Å². The molecule has 2 rings (SSSR count). The first-order valence-corrected chi connectivity index (χ1v) is 8.21. The quantitative estimate of drug-likeness (QED) is 0.650. The van der Waals surface area contributed by atoms with E-state index in [9.17, 15) is 14.7 Å². The molecule has 1 N–H and O–H groups in total. The van der Waals surface area contributed by atoms with Crippen molar-refractivity contribution >= 4 is 46.3 Å². The van der Waals surface area contributed by atoms with Gasteiger partial charge in [0.05, 0.1) is 12.0 Å². The van der Waals surface area contributed by atoms with Crippen LogP contribution in [0.25, 0.3) is 6.08 Å². The number of amides is 1. The molecule has 1 heterocycles. The van der Waals surface area contributed by atoms with Crippen LogP contribution in [0.3, 0.4) is 0 Å². The van der Waals surface area contributed by atoms with Crippen molar-refractivity contribution in [2.24, 2.45) is 5.92 Å². The van der Waals surface area contributed by atoms with Gasteiger partial charge in [0.2, 0.25) is 0 Å². The topological polar surface area (TPSA) is 66.8 Å². The van der Waals surface area contributed by atoms with E-state index in [0.717, 1.165) is 23.1 Å². The molecule has 0 aliphatic carbocycles. The average Bonchev–Trinajstić information content (AvgIpc) is 2.75. The number of hydrogen-bond acceptors (Lipinski definition) is 5. The van der Waals surface area contributed by atoms with Crippen LogP contribution in [0, 0.1) is 5.92 Å². The van der Waals surface area contributed by atoms with E-state index in [1.165, 1.54) is 4.90 Å². The largest absolute Gasteiger partial charge is 0.497 e. The monoisotopic (exact) mass is 351 g/mol. The number of nitrogens with zero attached hydrogens (tertiary/aromatic N) is 1. The van der Waals surface area contributed by atoms with Crippen LogP contribution in [0.15, 0.2) is 29.2 Å². The first-order valence-electron chi connectivity index (χ1n) is 6.99. The van der Waals surface area contributed by atoms with E-state index in [1.807, 2.05) is 12.1 Å². The van der Waals surface area contributed by atoms with Gasteiger partial charge >= 0.3 is 5.97 Å². The molecule has 1 aromatic carbocycles. The van der Waals surface area contributed by atoms with Crippen LogP contribution < -0.4 is 4.74 Å². The molecule has 0 spiro atoms. The normalized spacial score (nSPS) is 17.9. The Balaban J connectivity index is 2.29. The lowest BCUT2D eigenvalue weighted by molar-refractivity contribution is -0.146. The summed E-state index contributed by atoms with van der Waals surface area (Å²) in [5.41, 5.74) is 0.822. The van der Waals surface area contributed by atoms with Crippen LogP contribution >= 0.6 is 24.0 Å². The van der Waals surface area contributed by atoms with Crippen molar-refractivity contribution in [1.29, 1.82) is 0 Å². The van der Waals surface area contributed by atoms with Crippen LogP contribution in [0.5, 0.6) is 5.75 Å². The number of thiocarbonyl (C=S) groups is 1. The van der Waals surface area contributed by atoms with Crippen LogP contribution in [0.4, 0.5) is 0 Å². The van der Waals surface area contributed by atoms with Gasteiger partial charge in [0.25, 0.3) is 5.91 Å². The number of carbonyl (C=O) groups excluding carboxylic acids is 1. The Morgan fingerprint density at radius 3 is 2.43 bits per heavy atom. The van der Waals surface area contributed by atoms with E-state index in [2.05, 4.69) is 0 Å². The maximum Gasteiger partial charge on any atom is 0.327 e. The molecule has 7 heteroatoms. The third-order valence-electron chi connectivity index (χ3n) is 3.40. The smallest absolute Gasteiger partial charge is 0.327 e. The molecule has 1 saturated heterocycles. The van der Waals surface area contributed by atoms with E-state index in [-0.39, 0.29) is 16.1 Å². The van der Waals surface area contributed by atoms with Gasteiger partial charge in [-0.3, -0.25) is 9.69 Å². The van der Waals surface area contributed by atoms with Crippen molar-refractivity contribution in [2.45, 2.75) is 19.9 Å². The Labute approximate surface area is 144 Å². The minimum absolute atomic E-state index is 0.240. The predicted molar refractivity (Wildman–Crippen MR) is 94.3 cm³/mol. The number of thioether (sulfide) groups is 1. The number of carboxylic acids is 1. The van der Waals surface area contributed by atoms with Gasteiger partial charge in [0, 0.05) is 0 Å². The van der Waals surface area contributed by atoms with Crippen molar-refractivity contribution < 1.29 is 19.4 Å². The molecule has 0 bridgehead atoms. The SMILES string of the molecule is COc1ccc(C=C2SC(=S)N([C@H](C(=O)O)C(C)C)C2=O)cc1. The Morgan fingerprint density at radius 2 is 1.96 bits per heavy atom. The molecule has 1 aliphatic heterocycles. The molecule has 1 aliphatic rings. The van der Waals surface area contributed by atoms with Gasteiger partial charge in [-0.15, -0.1) is 0 Å². The minimum atomic E-state index is -1.05. The van der Waals surface area contributed by atoms with Crippen LogP contribution in [0.2, 0.25) is 0 Å². The lowest BCUT2D eigenvalue weighted by Gasteiger charge is -2.26. The predicted octanol–water partition coefficient (Wildman–Crippen LogP) is 3.01. The second-order valence-electron chi connectivity index (χ2n) is 5.35. The first-order chi connectivity index (χ1) is 10.8. The maximum atomic E-state index is 12.6.